The molecule has 1 N–H and O–H groups in total. The fourth-order valence-electron chi connectivity index (χ4n) is 1.54. The first-order valence-electron chi connectivity index (χ1n) is 5.96. The lowest BCUT2D eigenvalue weighted by Gasteiger charge is -2.16. The Morgan fingerprint density at radius 3 is 2.76 bits per heavy atom. The smallest absolute Gasteiger partial charge is 0.133 e. The molecule has 0 heterocycles. The van der Waals surface area contributed by atoms with Gasteiger partial charge in [-0.2, -0.15) is 0 Å². The van der Waals surface area contributed by atoms with Crippen LogP contribution in [0.4, 0.5) is 0 Å². The molecule has 0 spiro atoms. The zero-order valence-electron chi connectivity index (χ0n) is 10.3. The molecule has 0 radical (unpaired) electrons. The van der Waals surface area contributed by atoms with Crippen LogP contribution in [0.1, 0.15) is 26.7 Å². The third kappa shape index (κ3) is 5.89. The van der Waals surface area contributed by atoms with Crippen LogP contribution < -0.4 is 10.1 Å². The molecule has 0 amide bonds. The molecule has 1 atom stereocenters. The van der Waals surface area contributed by atoms with E-state index < -0.39 is 0 Å². The molecule has 0 aliphatic carbocycles. The van der Waals surface area contributed by atoms with E-state index in [2.05, 4.69) is 51.0 Å². The van der Waals surface area contributed by atoms with Crippen molar-refractivity contribution in [1.82, 2.24) is 5.32 Å². The molecule has 0 bridgehead atoms. The molecule has 0 saturated heterocycles. The van der Waals surface area contributed by atoms with Crippen LogP contribution in [0.3, 0.4) is 0 Å². The maximum Gasteiger partial charge on any atom is 0.133 e. The maximum absolute atomic E-state index is 5.88. The van der Waals surface area contributed by atoms with Crippen LogP contribution in [0, 0.1) is 0 Å². The van der Waals surface area contributed by atoms with Gasteiger partial charge in [-0.15, -0.1) is 0 Å². The Bertz CT molecular complexity index is 344. The first kappa shape index (κ1) is 15.0. The highest BCUT2D eigenvalue weighted by Crippen LogP contribution is 2.29. The predicted octanol–water partition coefficient (Wildman–Crippen LogP) is 4.37. The Kier molecular flexibility index (Phi) is 7.16. The molecule has 96 valence electrons. The van der Waals surface area contributed by atoms with E-state index >= 15 is 0 Å². The Morgan fingerprint density at radius 2 is 2.12 bits per heavy atom. The third-order valence-electron chi connectivity index (χ3n) is 2.44. The highest BCUT2D eigenvalue weighted by molar-refractivity contribution is 9.11. The van der Waals surface area contributed by atoms with Crippen molar-refractivity contribution in [3.8, 4) is 5.75 Å². The summed E-state index contributed by atoms with van der Waals surface area (Å²) in [5.74, 6) is 0.907. The van der Waals surface area contributed by atoms with E-state index in [1.165, 1.54) is 0 Å². The normalized spacial score (nSPS) is 12.5. The van der Waals surface area contributed by atoms with Gasteiger partial charge in [0.05, 0.1) is 10.6 Å². The maximum atomic E-state index is 5.88. The first-order chi connectivity index (χ1) is 8.13. The summed E-state index contributed by atoms with van der Waals surface area (Å²) >= 11 is 6.93. The van der Waals surface area contributed by atoms with Crippen molar-refractivity contribution in [2.24, 2.45) is 0 Å². The summed E-state index contributed by atoms with van der Waals surface area (Å²) in [7, 11) is 0. The average molecular weight is 365 g/mol. The highest BCUT2D eigenvalue weighted by atomic mass is 79.9. The molecule has 0 aliphatic rings. The van der Waals surface area contributed by atoms with Gasteiger partial charge in [-0.05, 0) is 67.0 Å². The quantitative estimate of drug-likeness (QED) is 0.725. The Morgan fingerprint density at radius 1 is 1.35 bits per heavy atom. The fourth-order valence-corrected chi connectivity index (χ4v) is 2.68. The first-order valence-corrected chi connectivity index (χ1v) is 7.54. The third-order valence-corrected chi connectivity index (χ3v) is 3.55. The van der Waals surface area contributed by atoms with E-state index in [0.717, 1.165) is 40.6 Å². The summed E-state index contributed by atoms with van der Waals surface area (Å²) in [6.45, 7) is 6.33. The number of rotatable bonds is 7. The summed E-state index contributed by atoms with van der Waals surface area (Å²) in [4.78, 5) is 0. The van der Waals surface area contributed by atoms with Crippen molar-refractivity contribution in [3.05, 3.63) is 27.1 Å². The van der Waals surface area contributed by atoms with Gasteiger partial charge in [0.2, 0.25) is 0 Å². The van der Waals surface area contributed by atoms with Crippen LogP contribution in [-0.4, -0.2) is 19.2 Å². The molecule has 0 saturated carbocycles. The average Bonchev–Trinajstić information content (AvgIpc) is 2.28. The van der Waals surface area contributed by atoms with Crippen LogP contribution >= 0.6 is 31.9 Å². The Hall–Kier alpha value is -0.0600. The summed E-state index contributed by atoms with van der Waals surface area (Å²) in [5.41, 5.74) is 0. The molecule has 2 nitrogen and oxygen atoms in total. The lowest BCUT2D eigenvalue weighted by Crippen LogP contribution is -2.18. The molecule has 0 fully saturated rings. The Balaban J connectivity index is 2.37. The molecule has 1 rings (SSSR count). The highest BCUT2D eigenvalue weighted by Gasteiger charge is 2.07. The van der Waals surface area contributed by atoms with Crippen LogP contribution in [0.15, 0.2) is 27.1 Å². The minimum atomic E-state index is 0.242. The van der Waals surface area contributed by atoms with Crippen LogP contribution in [0.2, 0.25) is 0 Å². The monoisotopic (exact) mass is 363 g/mol. The van der Waals surface area contributed by atoms with Gasteiger partial charge in [-0.3, -0.25) is 0 Å². The summed E-state index contributed by atoms with van der Waals surface area (Å²) < 4.78 is 7.93. The minimum Gasteiger partial charge on any atom is -0.490 e. The molecule has 1 aromatic rings. The molecule has 17 heavy (non-hydrogen) atoms. The van der Waals surface area contributed by atoms with Gasteiger partial charge in [0.1, 0.15) is 5.75 Å². The van der Waals surface area contributed by atoms with E-state index in [-0.39, 0.29) is 6.10 Å². The van der Waals surface area contributed by atoms with Gasteiger partial charge in [0.15, 0.2) is 0 Å². The second-order valence-corrected chi connectivity index (χ2v) is 5.77. The van der Waals surface area contributed by atoms with Crippen LogP contribution in [-0.2, 0) is 0 Å². The number of hydrogen-bond donors (Lipinski definition) is 1. The van der Waals surface area contributed by atoms with Crippen molar-refractivity contribution in [1.29, 1.82) is 0 Å². The molecule has 0 aliphatic heterocycles. The van der Waals surface area contributed by atoms with Gasteiger partial charge in [0, 0.05) is 4.47 Å². The second-order valence-electron chi connectivity index (χ2n) is 4.00. The molecular formula is C13H19Br2NO. The SMILES string of the molecule is CCNCCCC(C)Oc1ccc(Br)cc1Br. The minimum absolute atomic E-state index is 0.242. The van der Waals surface area contributed by atoms with E-state index in [1.807, 2.05) is 18.2 Å². The van der Waals surface area contributed by atoms with Crippen LogP contribution in [0.5, 0.6) is 5.75 Å². The number of halogens is 2. The largest absolute Gasteiger partial charge is 0.490 e. The van der Waals surface area contributed by atoms with E-state index in [9.17, 15) is 0 Å². The Labute approximate surface area is 120 Å². The molecule has 0 aromatic heterocycles. The van der Waals surface area contributed by atoms with Gasteiger partial charge in [0.25, 0.3) is 0 Å². The zero-order chi connectivity index (χ0) is 12.7. The van der Waals surface area contributed by atoms with Crippen molar-refractivity contribution in [2.45, 2.75) is 32.8 Å². The van der Waals surface area contributed by atoms with Crippen LogP contribution in [0.25, 0.3) is 0 Å². The van der Waals surface area contributed by atoms with Crippen molar-refractivity contribution in [3.63, 3.8) is 0 Å². The number of benzene rings is 1. The van der Waals surface area contributed by atoms with E-state index in [4.69, 9.17) is 4.74 Å². The van der Waals surface area contributed by atoms with E-state index in [0.29, 0.717) is 0 Å². The van der Waals surface area contributed by atoms with Crippen molar-refractivity contribution < 1.29 is 4.74 Å². The van der Waals surface area contributed by atoms with Crippen molar-refractivity contribution in [2.75, 3.05) is 13.1 Å². The molecular weight excluding hydrogens is 346 g/mol. The predicted molar refractivity (Wildman–Crippen MR) is 79.7 cm³/mol. The number of nitrogens with one attached hydrogen (secondary N) is 1. The lowest BCUT2D eigenvalue weighted by atomic mass is 10.2. The summed E-state index contributed by atoms with van der Waals surface area (Å²) in [6.07, 6.45) is 2.45. The summed E-state index contributed by atoms with van der Waals surface area (Å²) in [6, 6.07) is 5.97. The number of hydrogen-bond acceptors (Lipinski definition) is 2. The van der Waals surface area contributed by atoms with Gasteiger partial charge < -0.3 is 10.1 Å². The molecule has 1 aromatic carbocycles. The summed E-state index contributed by atoms with van der Waals surface area (Å²) in [5, 5.41) is 3.32. The fraction of sp³-hybridized carbons (Fsp3) is 0.538. The lowest BCUT2D eigenvalue weighted by molar-refractivity contribution is 0.206. The second kappa shape index (κ2) is 8.11. The topological polar surface area (TPSA) is 21.3 Å². The van der Waals surface area contributed by atoms with Gasteiger partial charge >= 0.3 is 0 Å². The van der Waals surface area contributed by atoms with Gasteiger partial charge in [-0.25, -0.2) is 0 Å². The zero-order valence-corrected chi connectivity index (χ0v) is 13.5. The standard InChI is InChI=1S/C13H19Br2NO/c1-3-16-8-4-5-10(2)17-13-7-6-11(14)9-12(13)15/h6-7,9-10,16H,3-5,8H2,1-2H3. The molecule has 4 heteroatoms. The molecule has 1 unspecified atom stereocenters. The van der Waals surface area contributed by atoms with E-state index in [1.54, 1.807) is 0 Å². The number of ether oxygens (including phenoxy) is 1. The van der Waals surface area contributed by atoms with Gasteiger partial charge in [-0.1, -0.05) is 22.9 Å². The van der Waals surface area contributed by atoms with Crippen molar-refractivity contribution >= 4 is 31.9 Å².